The van der Waals surface area contributed by atoms with Crippen molar-refractivity contribution >= 4 is 113 Å². The highest BCUT2D eigenvalue weighted by Gasteiger charge is 3.05. The lowest BCUT2D eigenvalue weighted by atomic mass is 10.2. The summed E-state index contributed by atoms with van der Waals surface area (Å²) in [5.74, 6) is 0. The van der Waals surface area contributed by atoms with Crippen LogP contribution in [-0.2, 0) is 0 Å². The lowest BCUT2D eigenvalue weighted by Gasteiger charge is -2.90. The zero-order valence-electron chi connectivity index (χ0n) is 37.5. The first kappa shape index (κ1) is 49.7. The summed E-state index contributed by atoms with van der Waals surface area (Å²) >= 11 is 22.3. The Hall–Kier alpha value is 3.66. The maximum atomic E-state index is 5.58. The topological polar surface area (TPSA) is 0 Å². The van der Waals surface area contributed by atoms with Gasteiger partial charge in [-0.05, 0) is 40.3 Å². The van der Waals surface area contributed by atoms with Crippen LogP contribution in [0.4, 0.5) is 0 Å². The van der Waals surface area contributed by atoms with Crippen molar-refractivity contribution < 1.29 is 0 Å². The summed E-state index contributed by atoms with van der Waals surface area (Å²) in [7, 11) is -8.81. The molecule has 12 heteroatoms. The normalized spacial score (nSPS) is 30.0. The standard InChI is InChI=1S/C36H84Br4Si8/c1-29(2,3)41(25,30(4,5)6)45(37)46(38,42(26,31(7,8)9)32(10,11)12)48(40,44(28,35(19,20)21)36(22,23)24)47(45,39)43(27,33(13,14)15)34(16,17)18/h1-28H3. The molecular weight excluding hydrogens is 977 g/mol. The Morgan fingerprint density at radius 1 is 0.229 bits per heavy atom. The first-order valence-electron chi connectivity index (χ1n) is 18.8. The summed E-state index contributed by atoms with van der Waals surface area (Å²) < 4.78 is 0. The van der Waals surface area contributed by atoms with Gasteiger partial charge in [-0.15, -0.1) is 61.2 Å². The summed E-state index contributed by atoms with van der Waals surface area (Å²) in [5, 5.41) is -7.63. The van der Waals surface area contributed by atoms with Crippen molar-refractivity contribution in [3.63, 3.8) is 0 Å². The largest absolute Gasteiger partial charge is 0.135 e. The summed E-state index contributed by atoms with van der Waals surface area (Å²) in [6.45, 7) is 76.7. The van der Waals surface area contributed by atoms with Crippen LogP contribution in [0.5, 0.6) is 0 Å². The van der Waals surface area contributed by atoms with E-state index in [1.54, 1.807) is 0 Å². The Balaban J connectivity index is 5.59. The van der Waals surface area contributed by atoms with Gasteiger partial charge in [0.2, 0.25) is 0 Å². The molecule has 1 saturated heterocycles. The van der Waals surface area contributed by atoms with E-state index in [9.17, 15) is 0 Å². The van der Waals surface area contributed by atoms with E-state index in [0.29, 0.717) is 0 Å². The molecule has 0 radical (unpaired) electrons. The van der Waals surface area contributed by atoms with Gasteiger partial charge in [-0.3, -0.25) is 0 Å². The molecule has 0 aliphatic carbocycles. The second kappa shape index (κ2) is 12.6. The molecule has 0 atom stereocenters. The van der Waals surface area contributed by atoms with Crippen molar-refractivity contribution in [1.82, 2.24) is 0 Å². The fourth-order valence-corrected chi connectivity index (χ4v) is 723. The van der Waals surface area contributed by atoms with Crippen LogP contribution in [0.3, 0.4) is 0 Å². The fourth-order valence-electron chi connectivity index (χ4n) is 12.3. The summed E-state index contributed by atoms with van der Waals surface area (Å²) in [5.41, 5.74) is 0. The predicted octanol–water partition coefficient (Wildman–Crippen LogP) is 16.7. The molecule has 0 aromatic heterocycles. The van der Waals surface area contributed by atoms with Crippen LogP contribution in [0.15, 0.2) is 0 Å². The number of hydrogen-bond donors (Lipinski definition) is 0. The quantitative estimate of drug-likeness (QED) is 0.194. The molecule has 0 unspecified atom stereocenters. The molecule has 1 fully saturated rings. The molecule has 1 heterocycles. The third kappa shape index (κ3) is 5.39. The van der Waals surface area contributed by atoms with Crippen molar-refractivity contribution in [2.24, 2.45) is 0 Å². The molecule has 0 spiro atoms. The van der Waals surface area contributed by atoms with Crippen molar-refractivity contribution in [2.75, 3.05) is 0 Å². The maximum absolute atomic E-state index is 5.58. The van der Waals surface area contributed by atoms with Crippen molar-refractivity contribution in [1.29, 1.82) is 0 Å². The zero-order valence-corrected chi connectivity index (χ0v) is 51.9. The molecule has 0 amide bonds. The SMILES string of the molecule is CC(C)(C)[Si](C)(C(C)(C)C)[Si]1(Br)[Si](Br)([Si](C)(C(C)(C)C)C(C)(C)C)[Si](Br)([Si](C)(C(C)(C)C)C(C)(C)C)[Si]1(Br)[Si](C)(C(C)(C)C)C(C)(C)C. The molecule has 0 saturated carbocycles. The minimum absolute atomic E-state index is 0.249. The minimum atomic E-state index is -2.41. The van der Waals surface area contributed by atoms with Gasteiger partial charge >= 0.3 is 0 Å². The fraction of sp³-hybridized carbons (Fsp3) is 1.00. The van der Waals surface area contributed by atoms with E-state index >= 15 is 0 Å². The van der Waals surface area contributed by atoms with Crippen molar-refractivity contribution in [2.45, 2.75) is 233 Å². The molecule has 0 nitrogen and oxygen atoms in total. The van der Waals surface area contributed by atoms with E-state index in [0.717, 1.165) is 0 Å². The van der Waals surface area contributed by atoms with Gasteiger partial charge in [-0.25, -0.2) is 0 Å². The van der Waals surface area contributed by atoms with E-state index < -0.39 is 51.3 Å². The Bertz CT molecular complexity index is 966. The van der Waals surface area contributed by atoms with Crippen LogP contribution in [0.1, 0.15) is 166 Å². The molecule has 1 aliphatic rings. The molecule has 288 valence electrons. The van der Waals surface area contributed by atoms with Crippen molar-refractivity contribution in [3.8, 4) is 0 Å². The van der Waals surface area contributed by atoms with Gasteiger partial charge < -0.3 is 0 Å². The third-order valence-corrected chi connectivity index (χ3v) is 365. The molecule has 1 rings (SSSR count). The highest BCUT2D eigenvalue weighted by molar-refractivity contribution is 9.59. The highest BCUT2D eigenvalue weighted by Crippen LogP contribution is 2.84. The van der Waals surface area contributed by atoms with Crippen molar-refractivity contribution in [3.05, 3.63) is 0 Å². The second-order valence-electron chi connectivity index (χ2n) is 25.1. The lowest BCUT2D eigenvalue weighted by Crippen LogP contribution is -3.20. The Kier molecular flexibility index (Phi) is 13.0. The Morgan fingerprint density at radius 3 is 0.333 bits per heavy atom. The van der Waals surface area contributed by atoms with E-state index in [1.807, 2.05) is 0 Å². The van der Waals surface area contributed by atoms with E-state index in [4.69, 9.17) is 61.2 Å². The minimum Gasteiger partial charge on any atom is -0.135 e. The number of halogens is 4. The summed E-state index contributed by atoms with van der Waals surface area (Å²) in [6, 6.07) is 0. The van der Waals surface area contributed by atoms with Crippen LogP contribution in [0.25, 0.3) is 0 Å². The monoisotopic (exact) mass is 1060 g/mol. The molecule has 0 bridgehead atoms. The molecular formula is C36H84Br4Si8. The molecule has 0 N–H and O–H groups in total. The molecule has 0 aromatic rings. The van der Waals surface area contributed by atoms with Crippen LogP contribution in [-0.4, -0.2) is 51.3 Å². The van der Waals surface area contributed by atoms with Gasteiger partial charge in [0.15, 0.2) is 0 Å². The first-order valence-corrected chi connectivity index (χ1v) is 53.8. The average molecular weight is 1060 g/mol. The van der Waals surface area contributed by atoms with Gasteiger partial charge in [-0.1, -0.05) is 192 Å². The third-order valence-electron chi connectivity index (χ3n) is 16.7. The van der Waals surface area contributed by atoms with E-state index in [-0.39, 0.29) is 40.3 Å². The van der Waals surface area contributed by atoms with Crippen LogP contribution in [0.2, 0.25) is 66.5 Å². The van der Waals surface area contributed by atoms with Gasteiger partial charge in [0, 0.05) is 0 Å². The van der Waals surface area contributed by atoms with Crippen LogP contribution < -0.4 is 0 Å². The number of hydrogen-bond acceptors (Lipinski definition) is 0. The molecule has 48 heavy (non-hydrogen) atoms. The van der Waals surface area contributed by atoms with E-state index in [2.05, 4.69) is 192 Å². The molecule has 1 aliphatic heterocycles. The van der Waals surface area contributed by atoms with Crippen LogP contribution in [0, 0.1) is 0 Å². The smallest absolute Gasteiger partial charge is 0.126 e. The maximum Gasteiger partial charge on any atom is 0.126 e. The average Bonchev–Trinajstić information content (AvgIpc) is 2.78. The summed E-state index contributed by atoms with van der Waals surface area (Å²) in [6.07, 6.45) is 0. The van der Waals surface area contributed by atoms with Gasteiger partial charge in [0.25, 0.3) is 0 Å². The Labute approximate surface area is 341 Å². The predicted molar refractivity (Wildman–Crippen MR) is 263 cm³/mol. The Morgan fingerprint density at radius 2 is 0.292 bits per heavy atom. The van der Waals surface area contributed by atoms with E-state index in [1.165, 1.54) is 0 Å². The van der Waals surface area contributed by atoms with Gasteiger partial charge in [0.1, 0.15) is 21.0 Å². The molecule has 0 aromatic carbocycles. The number of rotatable bonds is 4. The van der Waals surface area contributed by atoms with Crippen LogP contribution >= 0.6 is 61.2 Å². The first-order chi connectivity index (χ1) is 20.0. The second-order valence-corrected chi connectivity index (χ2v) is 149. The zero-order chi connectivity index (χ0) is 40.0. The van der Waals surface area contributed by atoms with Gasteiger partial charge in [0.05, 0.1) is 30.4 Å². The highest BCUT2D eigenvalue weighted by atomic mass is 79.9. The summed E-state index contributed by atoms with van der Waals surface area (Å²) in [4.78, 5) is 0. The van der Waals surface area contributed by atoms with Gasteiger partial charge in [-0.2, -0.15) is 0 Å². The lowest BCUT2D eigenvalue weighted by molar-refractivity contribution is 0.630.